The Labute approximate surface area is 135 Å². The van der Waals surface area contributed by atoms with Gasteiger partial charge in [0.2, 0.25) is 0 Å². The third-order valence-corrected chi connectivity index (χ3v) is 4.76. The summed E-state index contributed by atoms with van der Waals surface area (Å²) in [6, 6.07) is 15.4. The van der Waals surface area contributed by atoms with Crippen LogP contribution in [-0.2, 0) is 12.0 Å². The highest BCUT2D eigenvalue weighted by Crippen LogP contribution is 2.36. The van der Waals surface area contributed by atoms with Gasteiger partial charge in [0.05, 0.1) is 18.2 Å². The number of fused-ring (bicyclic) bond motifs is 1. The van der Waals surface area contributed by atoms with Crippen LogP contribution >= 0.6 is 11.6 Å². The minimum Gasteiger partial charge on any atom is -0.394 e. The minimum atomic E-state index is -0.631. The van der Waals surface area contributed by atoms with Gasteiger partial charge in [-0.05, 0) is 41.7 Å². The third-order valence-electron chi connectivity index (χ3n) is 4.51. The van der Waals surface area contributed by atoms with Gasteiger partial charge in [-0.25, -0.2) is 0 Å². The first-order valence-corrected chi connectivity index (χ1v) is 7.90. The predicted molar refractivity (Wildman–Crippen MR) is 87.9 cm³/mol. The number of nitrogens with one attached hydrogen (secondary N) is 1. The van der Waals surface area contributed by atoms with Gasteiger partial charge in [-0.3, -0.25) is 0 Å². The molecule has 2 unspecified atom stereocenters. The summed E-state index contributed by atoms with van der Waals surface area (Å²) < 4.78 is 0. The molecule has 0 saturated heterocycles. The molecular weight excluding hydrogens is 298 g/mol. The number of aliphatic hydroxyl groups is 2. The van der Waals surface area contributed by atoms with E-state index in [0.717, 1.165) is 24.0 Å². The van der Waals surface area contributed by atoms with E-state index in [2.05, 4.69) is 17.4 Å². The average Bonchev–Trinajstić information content (AvgIpc) is 2.93. The smallest absolute Gasteiger partial charge is 0.0914 e. The van der Waals surface area contributed by atoms with Crippen LogP contribution in [0.1, 0.15) is 29.2 Å². The van der Waals surface area contributed by atoms with Crippen molar-refractivity contribution in [3.8, 4) is 0 Å². The fourth-order valence-electron chi connectivity index (χ4n) is 3.19. The van der Waals surface area contributed by atoms with E-state index in [4.69, 9.17) is 11.6 Å². The Balaban J connectivity index is 1.73. The minimum absolute atomic E-state index is 0.0251. The molecule has 1 aliphatic carbocycles. The highest BCUT2D eigenvalue weighted by molar-refractivity contribution is 6.30. The van der Waals surface area contributed by atoms with Gasteiger partial charge in [-0.15, -0.1) is 0 Å². The molecule has 2 atom stereocenters. The first-order valence-electron chi connectivity index (χ1n) is 7.52. The fourth-order valence-corrected chi connectivity index (χ4v) is 3.31. The molecule has 3 nitrogen and oxygen atoms in total. The van der Waals surface area contributed by atoms with Gasteiger partial charge in [-0.2, -0.15) is 0 Å². The van der Waals surface area contributed by atoms with Crippen LogP contribution in [0.3, 0.4) is 0 Å². The van der Waals surface area contributed by atoms with Crippen LogP contribution < -0.4 is 5.32 Å². The molecule has 3 N–H and O–H groups in total. The van der Waals surface area contributed by atoms with Crippen LogP contribution in [0.4, 0.5) is 0 Å². The zero-order valence-corrected chi connectivity index (χ0v) is 13.1. The van der Waals surface area contributed by atoms with E-state index in [1.165, 1.54) is 5.56 Å². The SMILES string of the molecule is OCC1(NCC(O)c2ccc(Cl)cc2)CCc2ccccc21. The van der Waals surface area contributed by atoms with Crippen molar-refractivity contribution in [3.63, 3.8) is 0 Å². The maximum atomic E-state index is 10.3. The van der Waals surface area contributed by atoms with Crippen molar-refractivity contribution in [2.45, 2.75) is 24.5 Å². The van der Waals surface area contributed by atoms with Crippen molar-refractivity contribution in [2.24, 2.45) is 0 Å². The zero-order chi connectivity index (χ0) is 15.6. The van der Waals surface area contributed by atoms with E-state index in [-0.39, 0.29) is 6.61 Å². The van der Waals surface area contributed by atoms with E-state index in [0.29, 0.717) is 11.6 Å². The van der Waals surface area contributed by atoms with Crippen molar-refractivity contribution in [1.29, 1.82) is 0 Å². The molecule has 0 fully saturated rings. The Morgan fingerprint density at radius 2 is 1.86 bits per heavy atom. The molecular formula is C18H20ClNO2. The highest BCUT2D eigenvalue weighted by Gasteiger charge is 2.37. The summed E-state index contributed by atoms with van der Waals surface area (Å²) in [4.78, 5) is 0. The van der Waals surface area contributed by atoms with Crippen molar-refractivity contribution in [3.05, 3.63) is 70.2 Å². The highest BCUT2D eigenvalue weighted by atomic mass is 35.5. The van der Waals surface area contributed by atoms with Gasteiger partial charge in [0.25, 0.3) is 0 Å². The lowest BCUT2D eigenvalue weighted by Crippen LogP contribution is -2.45. The Kier molecular flexibility index (Phi) is 4.50. The summed E-state index contributed by atoms with van der Waals surface area (Å²) in [7, 11) is 0. The number of aryl methyl sites for hydroxylation is 1. The van der Waals surface area contributed by atoms with Gasteiger partial charge >= 0.3 is 0 Å². The molecule has 116 valence electrons. The molecule has 4 heteroatoms. The van der Waals surface area contributed by atoms with Gasteiger partial charge in [0, 0.05) is 11.6 Å². The van der Waals surface area contributed by atoms with Crippen LogP contribution in [-0.4, -0.2) is 23.4 Å². The summed E-state index contributed by atoms with van der Waals surface area (Å²) in [5.74, 6) is 0. The normalized spacial score (nSPS) is 21.6. The number of aliphatic hydroxyl groups excluding tert-OH is 2. The Morgan fingerprint density at radius 1 is 1.14 bits per heavy atom. The Bertz CT molecular complexity index is 644. The fraction of sp³-hybridized carbons (Fsp3) is 0.333. The third kappa shape index (κ3) is 2.90. The summed E-state index contributed by atoms with van der Waals surface area (Å²) in [5, 5.41) is 24.3. The second kappa shape index (κ2) is 6.39. The summed E-state index contributed by atoms with van der Waals surface area (Å²) >= 11 is 5.87. The maximum absolute atomic E-state index is 10.3. The van der Waals surface area contributed by atoms with Crippen molar-refractivity contribution < 1.29 is 10.2 Å². The molecule has 22 heavy (non-hydrogen) atoms. The molecule has 0 amide bonds. The first kappa shape index (κ1) is 15.5. The lowest BCUT2D eigenvalue weighted by molar-refractivity contribution is 0.119. The molecule has 0 bridgehead atoms. The lowest BCUT2D eigenvalue weighted by Gasteiger charge is -2.31. The lowest BCUT2D eigenvalue weighted by atomic mass is 9.92. The quantitative estimate of drug-likeness (QED) is 0.795. The molecule has 2 aromatic rings. The van der Waals surface area contributed by atoms with Crippen LogP contribution in [0.15, 0.2) is 48.5 Å². The predicted octanol–water partition coefficient (Wildman–Crippen LogP) is 2.80. The van der Waals surface area contributed by atoms with Crippen LogP contribution in [0.25, 0.3) is 0 Å². The van der Waals surface area contributed by atoms with E-state index >= 15 is 0 Å². The average molecular weight is 318 g/mol. The van der Waals surface area contributed by atoms with Gasteiger partial charge in [0.15, 0.2) is 0 Å². The molecule has 0 heterocycles. The number of hydrogen-bond donors (Lipinski definition) is 3. The molecule has 2 aromatic carbocycles. The molecule has 0 saturated carbocycles. The molecule has 0 spiro atoms. The van der Waals surface area contributed by atoms with Crippen LogP contribution in [0.2, 0.25) is 5.02 Å². The van der Waals surface area contributed by atoms with E-state index in [1.807, 2.05) is 24.3 Å². The topological polar surface area (TPSA) is 52.5 Å². The summed E-state index contributed by atoms with van der Waals surface area (Å²) in [6.45, 7) is 0.411. The van der Waals surface area contributed by atoms with E-state index in [1.54, 1.807) is 12.1 Å². The molecule has 0 aromatic heterocycles. The first-order chi connectivity index (χ1) is 10.6. The monoisotopic (exact) mass is 317 g/mol. The zero-order valence-electron chi connectivity index (χ0n) is 12.3. The number of benzene rings is 2. The van der Waals surface area contributed by atoms with E-state index in [9.17, 15) is 10.2 Å². The Hall–Kier alpha value is -1.39. The van der Waals surface area contributed by atoms with Gasteiger partial charge in [0.1, 0.15) is 0 Å². The molecule has 0 aliphatic heterocycles. The van der Waals surface area contributed by atoms with Crippen molar-refractivity contribution in [2.75, 3.05) is 13.2 Å². The molecule has 3 rings (SSSR count). The molecule has 0 radical (unpaired) electrons. The maximum Gasteiger partial charge on any atom is 0.0914 e. The largest absolute Gasteiger partial charge is 0.394 e. The Morgan fingerprint density at radius 3 is 2.59 bits per heavy atom. The second-order valence-corrected chi connectivity index (χ2v) is 6.28. The van der Waals surface area contributed by atoms with Crippen molar-refractivity contribution >= 4 is 11.6 Å². The van der Waals surface area contributed by atoms with Crippen LogP contribution in [0, 0.1) is 0 Å². The summed E-state index contributed by atoms with van der Waals surface area (Å²) in [5.41, 5.74) is 2.77. The van der Waals surface area contributed by atoms with Gasteiger partial charge < -0.3 is 15.5 Å². The van der Waals surface area contributed by atoms with Gasteiger partial charge in [-0.1, -0.05) is 48.0 Å². The standard InChI is InChI=1S/C18H20ClNO2/c19-15-7-5-14(6-8-15)17(22)11-20-18(12-21)10-9-13-3-1-2-4-16(13)18/h1-8,17,20-22H,9-12H2. The van der Waals surface area contributed by atoms with Crippen molar-refractivity contribution in [1.82, 2.24) is 5.32 Å². The number of rotatable bonds is 5. The molecule has 1 aliphatic rings. The second-order valence-electron chi connectivity index (χ2n) is 5.85. The van der Waals surface area contributed by atoms with Crippen LogP contribution in [0.5, 0.6) is 0 Å². The number of halogens is 1. The number of hydrogen-bond acceptors (Lipinski definition) is 3. The summed E-state index contributed by atoms with van der Waals surface area (Å²) in [6.07, 6.45) is 1.16. The van der Waals surface area contributed by atoms with E-state index < -0.39 is 11.6 Å².